The molecule has 0 atom stereocenters. The lowest BCUT2D eigenvalue weighted by Crippen LogP contribution is -2.10. The molecule has 0 aliphatic rings. The van der Waals surface area contributed by atoms with Crippen LogP contribution in [0.5, 0.6) is 0 Å². The van der Waals surface area contributed by atoms with Crippen LogP contribution in [0.1, 0.15) is 58.5 Å². The van der Waals surface area contributed by atoms with Gasteiger partial charge in [0, 0.05) is 48.4 Å². The summed E-state index contributed by atoms with van der Waals surface area (Å²) in [5.74, 6) is 0.137. The Labute approximate surface area is 191 Å². The zero-order valence-corrected chi connectivity index (χ0v) is 19.0. The molecule has 3 aromatic carbocycles. The highest BCUT2D eigenvalue weighted by molar-refractivity contribution is 5.99. The molecular formula is C28H32N2O2. The van der Waals surface area contributed by atoms with Gasteiger partial charge in [0.25, 0.3) is 0 Å². The molecule has 0 unspecified atom stereocenters. The Kier molecular flexibility index (Phi) is 8.61. The second-order valence-corrected chi connectivity index (χ2v) is 7.88. The van der Waals surface area contributed by atoms with Crippen LogP contribution in [0.3, 0.4) is 0 Å². The lowest BCUT2D eigenvalue weighted by Gasteiger charge is -2.08. The van der Waals surface area contributed by atoms with Gasteiger partial charge in [-0.05, 0) is 48.2 Å². The third kappa shape index (κ3) is 6.81. The van der Waals surface area contributed by atoms with Crippen molar-refractivity contribution in [3.05, 3.63) is 95.1 Å². The first-order chi connectivity index (χ1) is 15.6. The molecule has 0 heterocycles. The molecule has 4 heteroatoms. The van der Waals surface area contributed by atoms with Crippen LogP contribution in [-0.2, 0) is 12.8 Å². The van der Waals surface area contributed by atoms with E-state index in [-0.39, 0.29) is 11.6 Å². The Hall–Kier alpha value is -3.40. The van der Waals surface area contributed by atoms with Crippen LogP contribution in [0.2, 0.25) is 0 Å². The van der Waals surface area contributed by atoms with E-state index in [0.717, 1.165) is 24.2 Å². The number of aryl methyl sites for hydroxylation is 2. The van der Waals surface area contributed by atoms with Crippen molar-refractivity contribution in [1.82, 2.24) is 0 Å². The van der Waals surface area contributed by atoms with Crippen LogP contribution in [-0.4, -0.2) is 24.7 Å². The third-order valence-electron chi connectivity index (χ3n) is 5.62. The molecule has 2 N–H and O–H groups in total. The summed E-state index contributed by atoms with van der Waals surface area (Å²) in [6, 6.07) is 23.6. The lowest BCUT2D eigenvalue weighted by atomic mass is 10.0. The predicted octanol–water partition coefficient (Wildman–Crippen LogP) is 6.18. The van der Waals surface area contributed by atoms with Crippen LogP contribution in [0, 0.1) is 0 Å². The van der Waals surface area contributed by atoms with E-state index in [1.54, 1.807) is 24.3 Å². The molecule has 0 saturated heterocycles. The van der Waals surface area contributed by atoms with E-state index in [2.05, 4.69) is 48.7 Å². The second kappa shape index (κ2) is 11.8. The van der Waals surface area contributed by atoms with Gasteiger partial charge in [0.1, 0.15) is 0 Å². The average molecular weight is 429 g/mol. The maximum atomic E-state index is 12.5. The van der Waals surface area contributed by atoms with Crippen LogP contribution in [0.25, 0.3) is 0 Å². The highest BCUT2D eigenvalue weighted by atomic mass is 16.1. The van der Waals surface area contributed by atoms with Crippen molar-refractivity contribution in [2.24, 2.45) is 0 Å². The fraction of sp³-hybridized carbons (Fsp3) is 0.286. The molecule has 3 rings (SSSR count). The third-order valence-corrected chi connectivity index (χ3v) is 5.62. The number of benzene rings is 3. The second-order valence-electron chi connectivity index (χ2n) is 7.88. The largest absolute Gasteiger partial charge is 0.385 e. The number of carbonyl (C=O) groups excluding carboxylic acids is 2. The molecule has 0 saturated carbocycles. The van der Waals surface area contributed by atoms with E-state index >= 15 is 0 Å². The standard InChI is InChI=1S/C28H32N2O2/c1-3-21-5-13-25(14-6-21)29-19-17-27(31)23-9-11-24(12-10-23)28(32)18-20-30-26-15-7-22(4-2)8-16-26/h5-16,29-30H,3-4,17-20H2,1-2H3. The Bertz CT molecular complexity index is 922. The molecule has 4 nitrogen and oxygen atoms in total. The fourth-order valence-electron chi connectivity index (χ4n) is 3.49. The van der Waals surface area contributed by atoms with Crippen molar-refractivity contribution in [3.63, 3.8) is 0 Å². The van der Waals surface area contributed by atoms with Crippen molar-refractivity contribution in [2.75, 3.05) is 23.7 Å². The topological polar surface area (TPSA) is 58.2 Å². The molecule has 0 aliphatic carbocycles. The van der Waals surface area contributed by atoms with E-state index in [9.17, 15) is 9.59 Å². The summed E-state index contributed by atoms with van der Waals surface area (Å²) in [6.07, 6.45) is 2.84. The first kappa shape index (κ1) is 23.3. The number of ketones is 2. The lowest BCUT2D eigenvalue weighted by molar-refractivity contribution is 0.0975. The van der Waals surface area contributed by atoms with Gasteiger partial charge in [0.05, 0.1) is 0 Å². The highest BCUT2D eigenvalue weighted by Crippen LogP contribution is 2.13. The number of rotatable bonds is 12. The number of hydrogen-bond donors (Lipinski definition) is 2. The van der Waals surface area contributed by atoms with E-state index in [1.165, 1.54) is 11.1 Å². The van der Waals surface area contributed by atoms with Crippen molar-refractivity contribution in [3.8, 4) is 0 Å². The summed E-state index contributed by atoms with van der Waals surface area (Å²) >= 11 is 0. The maximum absolute atomic E-state index is 12.5. The van der Waals surface area contributed by atoms with Crippen molar-refractivity contribution in [1.29, 1.82) is 0 Å². The first-order valence-corrected chi connectivity index (χ1v) is 11.4. The molecule has 32 heavy (non-hydrogen) atoms. The maximum Gasteiger partial charge on any atom is 0.164 e. The Morgan fingerprint density at radius 2 is 0.906 bits per heavy atom. The predicted molar refractivity (Wildman–Crippen MR) is 133 cm³/mol. The molecule has 166 valence electrons. The Morgan fingerprint density at radius 3 is 1.22 bits per heavy atom. The zero-order chi connectivity index (χ0) is 22.8. The van der Waals surface area contributed by atoms with Gasteiger partial charge in [-0.1, -0.05) is 62.4 Å². The van der Waals surface area contributed by atoms with Gasteiger partial charge in [-0.15, -0.1) is 0 Å². The van der Waals surface area contributed by atoms with Crippen LogP contribution >= 0.6 is 0 Å². The summed E-state index contributed by atoms with van der Waals surface area (Å²) in [5.41, 5.74) is 5.90. The van der Waals surface area contributed by atoms with Gasteiger partial charge in [-0.3, -0.25) is 9.59 Å². The average Bonchev–Trinajstić information content (AvgIpc) is 2.85. The highest BCUT2D eigenvalue weighted by Gasteiger charge is 2.09. The summed E-state index contributed by atoms with van der Waals surface area (Å²) < 4.78 is 0. The smallest absolute Gasteiger partial charge is 0.164 e. The molecule has 0 spiro atoms. The summed E-state index contributed by atoms with van der Waals surface area (Å²) in [4.78, 5) is 24.9. The molecule has 0 amide bonds. The van der Waals surface area contributed by atoms with E-state index in [1.807, 2.05) is 24.3 Å². The monoisotopic (exact) mass is 428 g/mol. The minimum atomic E-state index is 0.0684. The molecule has 0 aromatic heterocycles. The van der Waals surface area contributed by atoms with Gasteiger partial charge >= 0.3 is 0 Å². The van der Waals surface area contributed by atoms with Crippen molar-refractivity contribution in [2.45, 2.75) is 39.5 Å². The molecule has 0 aliphatic heterocycles. The quantitative estimate of drug-likeness (QED) is 0.338. The fourth-order valence-corrected chi connectivity index (χ4v) is 3.49. The zero-order valence-electron chi connectivity index (χ0n) is 19.0. The van der Waals surface area contributed by atoms with E-state index in [4.69, 9.17) is 0 Å². The summed E-state index contributed by atoms with van der Waals surface area (Å²) in [5, 5.41) is 6.57. The van der Waals surface area contributed by atoms with Crippen LogP contribution in [0.15, 0.2) is 72.8 Å². The van der Waals surface area contributed by atoms with Gasteiger partial charge in [-0.25, -0.2) is 0 Å². The minimum absolute atomic E-state index is 0.0684. The summed E-state index contributed by atoms with van der Waals surface area (Å²) in [6.45, 7) is 5.41. The number of hydrogen-bond acceptors (Lipinski definition) is 4. The molecular weight excluding hydrogens is 396 g/mol. The van der Waals surface area contributed by atoms with Gasteiger partial charge in [-0.2, -0.15) is 0 Å². The van der Waals surface area contributed by atoms with Crippen LogP contribution in [0.4, 0.5) is 11.4 Å². The normalized spacial score (nSPS) is 10.6. The molecule has 3 aromatic rings. The van der Waals surface area contributed by atoms with Crippen molar-refractivity contribution < 1.29 is 9.59 Å². The minimum Gasteiger partial charge on any atom is -0.385 e. The van der Waals surface area contributed by atoms with Gasteiger partial charge in [0.2, 0.25) is 0 Å². The summed E-state index contributed by atoms with van der Waals surface area (Å²) in [7, 11) is 0. The molecule has 0 fully saturated rings. The molecule has 0 bridgehead atoms. The Balaban J connectivity index is 1.42. The SMILES string of the molecule is CCc1ccc(NCCC(=O)c2ccc(C(=O)CCNc3ccc(CC)cc3)cc2)cc1. The van der Waals surface area contributed by atoms with Gasteiger partial charge < -0.3 is 10.6 Å². The van der Waals surface area contributed by atoms with E-state index in [0.29, 0.717) is 37.1 Å². The van der Waals surface area contributed by atoms with Crippen LogP contribution < -0.4 is 10.6 Å². The van der Waals surface area contributed by atoms with Crippen molar-refractivity contribution >= 4 is 22.9 Å². The van der Waals surface area contributed by atoms with Gasteiger partial charge in [0.15, 0.2) is 11.6 Å². The number of Topliss-reactive ketones (excluding diaryl/α,β-unsaturated/α-hetero) is 2. The van der Waals surface area contributed by atoms with E-state index < -0.39 is 0 Å². The number of anilines is 2. The molecule has 0 radical (unpaired) electrons. The number of carbonyl (C=O) groups is 2. The first-order valence-electron chi connectivity index (χ1n) is 11.4. The number of nitrogens with one attached hydrogen (secondary N) is 2. The Morgan fingerprint density at radius 1 is 0.562 bits per heavy atom.